The maximum Gasteiger partial charge on any atom is 0.306 e. The molecule has 2 aromatic heterocycles. The standard InChI is InChI=1S/C25H28ClN5O3.C19H19ClN6O/c1-25(2,3)34-21(32)13-12-16-8-7-9-17(14-16)29-24-28-15-19(26)22(31-24)30-20-11-6-5-10-18(20)23(33)27-4;1-22-18(27)14-7-2-3-8-16(14)25-17-15(20)11-23-19(26-17)24-13-6-4-5-12(9-13)10-21/h5-11,14-15H,12-13H2,1-4H3,(H,27,33)(H2,28,29,30,31);2-9,11H,10,21H2,1H3,(H,22,27)(H2,23,24,25,26). The molecule has 4 aromatic carbocycles. The van der Waals surface area contributed by atoms with Crippen LogP contribution in [0.5, 0.6) is 0 Å². The number of nitrogens with one attached hydrogen (secondary N) is 6. The molecular formula is C44H47Cl2N11O4. The van der Waals surface area contributed by atoms with Crippen molar-refractivity contribution in [3.05, 3.63) is 142 Å². The van der Waals surface area contributed by atoms with Gasteiger partial charge in [-0.1, -0.05) is 71.7 Å². The molecule has 0 fully saturated rings. The van der Waals surface area contributed by atoms with Crippen LogP contribution in [0.1, 0.15) is 59.0 Å². The van der Waals surface area contributed by atoms with Crippen molar-refractivity contribution in [3.63, 3.8) is 0 Å². The zero-order valence-corrected chi connectivity index (χ0v) is 35.8. The van der Waals surface area contributed by atoms with Crippen molar-refractivity contribution in [1.29, 1.82) is 0 Å². The van der Waals surface area contributed by atoms with E-state index < -0.39 is 5.60 Å². The third kappa shape index (κ3) is 13.6. The van der Waals surface area contributed by atoms with Gasteiger partial charge in [-0.2, -0.15) is 9.97 Å². The number of carbonyl (C=O) groups excluding carboxylic acids is 3. The first kappa shape index (κ1) is 45.3. The van der Waals surface area contributed by atoms with Crippen LogP contribution >= 0.6 is 23.2 Å². The number of halogens is 2. The Balaban J connectivity index is 0.000000237. The summed E-state index contributed by atoms with van der Waals surface area (Å²) in [6.45, 7) is 5.99. The second-order valence-electron chi connectivity index (χ2n) is 14.2. The van der Waals surface area contributed by atoms with E-state index in [4.69, 9.17) is 33.7 Å². The molecule has 0 spiro atoms. The summed E-state index contributed by atoms with van der Waals surface area (Å²) >= 11 is 12.5. The van der Waals surface area contributed by atoms with Gasteiger partial charge < -0.3 is 42.4 Å². The number of hydrogen-bond acceptors (Lipinski definition) is 13. The van der Waals surface area contributed by atoms with Gasteiger partial charge in [-0.25, -0.2) is 9.97 Å². The first-order valence-corrected chi connectivity index (χ1v) is 19.9. The average molecular weight is 865 g/mol. The molecule has 0 aliphatic carbocycles. The number of carbonyl (C=O) groups is 3. The van der Waals surface area contributed by atoms with Crippen LogP contribution < -0.4 is 37.6 Å². The molecule has 0 saturated heterocycles. The second-order valence-corrected chi connectivity index (χ2v) is 15.0. The minimum absolute atomic E-state index is 0.208. The average Bonchev–Trinajstić information content (AvgIpc) is 3.25. The van der Waals surface area contributed by atoms with Crippen molar-refractivity contribution in [2.75, 3.05) is 35.4 Å². The molecule has 8 N–H and O–H groups in total. The highest BCUT2D eigenvalue weighted by Crippen LogP contribution is 2.29. The summed E-state index contributed by atoms with van der Waals surface area (Å²) in [6.07, 6.45) is 3.81. The van der Waals surface area contributed by atoms with Crippen LogP contribution in [0.25, 0.3) is 0 Å². The third-order valence-electron chi connectivity index (χ3n) is 8.43. The summed E-state index contributed by atoms with van der Waals surface area (Å²) < 4.78 is 5.37. The van der Waals surface area contributed by atoms with Crippen LogP contribution in [0.2, 0.25) is 10.0 Å². The first-order chi connectivity index (χ1) is 29.2. The Morgan fingerprint density at radius 1 is 0.639 bits per heavy atom. The summed E-state index contributed by atoms with van der Waals surface area (Å²) in [7, 11) is 3.15. The summed E-state index contributed by atoms with van der Waals surface area (Å²) in [5.74, 6) is 0.772. The van der Waals surface area contributed by atoms with Gasteiger partial charge in [0.1, 0.15) is 15.6 Å². The zero-order chi connectivity index (χ0) is 43.9. The molecule has 6 rings (SSSR count). The molecule has 0 unspecified atom stereocenters. The molecule has 0 saturated carbocycles. The third-order valence-corrected chi connectivity index (χ3v) is 8.98. The lowest BCUT2D eigenvalue weighted by Gasteiger charge is -2.19. The zero-order valence-electron chi connectivity index (χ0n) is 34.3. The summed E-state index contributed by atoms with van der Waals surface area (Å²) in [5.41, 5.74) is 10.8. The number of hydrogen-bond donors (Lipinski definition) is 7. The number of aryl methyl sites for hydroxylation is 1. The maximum absolute atomic E-state index is 12.2. The maximum atomic E-state index is 12.2. The normalized spacial score (nSPS) is 10.7. The second kappa shape index (κ2) is 21.4. The van der Waals surface area contributed by atoms with Gasteiger partial charge in [-0.05, 0) is 86.8 Å². The fraction of sp³-hybridized carbons (Fsp3) is 0.205. The highest BCUT2D eigenvalue weighted by molar-refractivity contribution is 6.33. The number of aromatic nitrogens is 4. The van der Waals surface area contributed by atoms with E-state index in [0.717, 1.165) is 22.5 Å². The minimum Gasteiger partial charge on any atom is -0.460 e. The number of para-hydroxylation sites is 2. The monoisotopic (exact) mass is 863 g/mol. The Morgan fingerprint density at radius 2 is 1.10 bits per heavy atom. The lowest BCUT2D eigenvalue weighted by atomic mass is 10.1. The minimum atomic E-state index is -0.501. The molecule has 2 heterocycles. The van der Waals surface area contributed by atoms with Crippen molar-refractivity contribution in [1.82, 2.24) is 30.6 Å². The molecule has 61 heavy (non-hydrogen) atoms. The van der Waals surface area contributed by atoms with Gasteiger partial charge in [0, 0.05) is 38.4 Å². The summed E-state index contributed by atoms with van der Waals surface area (Å²) in [4.78, 5) is 53.5. The van der Waals surface area contributed by atoms with Gasteiger partial charge in [-0.3, -0.25) is 14.4 Å². The van der Waals surface area contributed by atoms with Gasteiger partial charge in [0.2, 0.25) is 11.9 Å². The Bertz CT molecular complexity index is 2480. The Morgan fingerprint density at radius 3 is 1.56 bits per heavy atom. The highest BCUT2D eigenvalue weighted by atomic mass is 35.5. The van der Waals surface area contributed by atoms with Crippen LogP contribution in [0, 0.1) is 0 Å². The molecule has 17 heteroatoms. The number of nitrogens with two attached hydrogens (primary N) is 1. The number of esters is 1. The Kier molecular flexibility index (Phi) is 15.9. The van der Waals surface area contributed by atoms with Gasteiger partial charge in [0.15, 0.2) is 11.6 Å². The van der Waals surface area contributed by atoms with E-state index in [2.05, 4.69) is 51.8 Å². The topological polar surface area (TPSA) is 210 Å². The van der Waals surface area contributed by atoms with Crippen molar-refractivity contribution in [2.45, 2.75) is 45.8 Å². The van der Waals surface area contributed by atoms with Crippen LogP contribution in [-0.2, 0) is 22.5 Å². The fourth-order valence-electron chi connectivity index (χ4n) is 5.61. The van der Waals surface area contributed by atoms with Crippen LogP contribution in [-0.4, -0.2) is 57.4 Å². The number of anilines is 8. The van der Waals surface area contributed by atoms with Crippen LogP contribution in [0.4, 0.5) is 46.3 Å². The Labute approximate surface area is 364 Å². The molecule has 2 amide bonds. The molecule has 0 aliphatic rings. The molecule has 0 bridgehead atoms. The SMILES string of the molecule is CNC(=O)c1ccccc1Nc1nc(Nc2cccc(CCC(=O)OC(C)(C)C)c2)ncc1Cl.CNC(=O)c1ccccc1Nc1nc(Nc2cccc(CN)c2)ncc1Cl. The number of rotatable bonds is 14. The van der Waals surface area contributed by atoms with E-state index in [9.17, 15) is 14.4 Å². The largest absolute Gasteiger partial charge is 0.460 e. The number of ether oxygens (including phenoxy) is 1. The quantitative estimate of drug-likeness (QED) is 0.0512. The van der Waals surface area contributed by atoms with Gasteiger partial charge in [0.25, 0.3) is 11.8 Å². The lowest BCUT2D eigenvalue weighted by molar-refractivity contribution is -0.154. The fourth-order valence-corrected chi connectivity index (χ4v) is 5.89. The van der Waals surface area contributed by atoms with Crippen molar-refractivity contribution in [3.8, 4) is 0 Å². The number of amides is 2. The molecule has 0 radical (unpaired) electrons. The molecular weight excluding hydrogens is 817 g/mol. The van der Waals surface area contributed by atoms with Gasteiger partial charge in [0.05, 0.1) is 34.9 Å². The van der Waals surface area contributed by atoms with E-state index in [1.165, 1.54) is 12.4 Å². The number of benzene rings is 4. The van der Waals surface area contributed by atoms with E-state index in [1.54, 1.807) is 50.5 Å². The molecule has 0 aliphatic heterocycles. The molecule has 316 valence electrons. The van der Waals surface area contributed by atoms with Gasteiger partial charge >= 0.3 is 5.97 Å². The van der Waals surface area contributed by atoms with Crippen molar-refractivity contribution >= 4 is 87.3 Å². The van der Waals surface area contributed by atoms with Crippen molar-refractivity contribution in [2.24, 2.45) is 5.73 Å². The Hall–Kier alpha value is -6.81. The highest BCUT2D eigenvalue weighted by Gasteiger charge is 2.17. The first-order valence-electron chi connectivity index (χ1n) is 19.1. The van der Waals surface area contributed by atoms with E-state index >= 15 is 0 Å². The van der Waals surface area contributed by atoms with E-state index in [1.807, 2.05) is 81.4 Å². The molecule has 0 atom stereocenters. The smallest absolute Gasteiger partial charge is 0.306 e. The summed E-state index contributed by atoms with van der Waals surface area (Å²) in [6, 6.07) is 29.5. The number of nitrogens with zero attached hydrogens (tertiary/aromatic N) is 4. The van der Waals surface area contributed by atoms with Gasteiger partial charge in [-0.15, -0.1) is 0 Å². The van der Waals surface area contributed by atoms with E-state index in [0.29, 0.717) is 69.0 Å². The van der Waals surface area contributed by atoms with Crippen LogP contribution in [0.3, 0.4) is 0 Å². The predicted molar refractivity (Wildman–Crippen MR) is 242 cm³/mol. The van der Waals surface area contributed by atoms with E-state index in [-0.39, 0.29) is 24.2 Å². The predicted octanol–water partition coefficient (Wildman–Crippen LogP) is 8.69. The molecule has 6 aromatic rings. The summed E-state index contributed by atoms with van der Waals surface area (Å²) in [5, 5.41) is 18.4. The van der Waals surface area contributed by atoms with Crippen LogP contribution in [0.15, 0.2) is 109 Å². The van der Waals surface area contributed by atoms with Crippen molar-refractivity contribution < 1.29 is 19.1 Å². The molecule has 15 nitrogen and oxygen atoms in total. The lowest BCUT2D eigenvalue weighted by Crippen LogP contribution is -2.24.